The van der Waals surface area contributed by atoms with E-state index in [9.17, 15) is 4.79 Å². The fraction of sp³-hybridized carbons (Fsp3) is 0.222. The smallest absolute Gasteiger partial charge is 0.240 e. The van der Waals surface area contributed by atoms with Gasteiger partial charge in [0.25, 0.3) is 0 Å². The number of nitrogens with one attached hydrogen (secondary N) is 1. The van der Waals surface area contributed by atoms with E-state index in [0.717, 1.165) is 5.69 Å². The van der Waals surface area contributed by atoms with Gasteiger partial charge in [0.05, 0.1) is 6.04 Å². The van der Waals surface area contributed by atoms with Gasteiger partial charge in [0, 0.05) is 5.69 Å². The molecule has 0 aliphatic rings. The van der Waals surface area contributed by atoms with Gasteiger partial charge in [-0.3, -0.25) is 4.79 Å². The van der Waals surface area contributed by atoms with Gasteiger partial charge < -0.3 is 11.1 Å². The Hall–Kier alpha value is -1.35. The highest BCUT2D eigenvalue weighted by Gasteiger charge is 2.05. The number of carbonyl (C=O) groups is 1. The molecule has 1 amide bonds. The van der Waals surface area contributed by atoms with Crippen LogP contribution in [0.1, 0.15) is 6.92 Å². The monoisotopic (exact) mass is 164 g/mol. The van der Waals surface area contributed by atoms with Crippen LogP contribution in [0, 0.1) is 0 Å². The van der Waals surface area contributed by atoms with Crippen molar-refractivity contribution < 1.29 is 4.79 Å². The van der Waals surface area contributed by atoms with E-state index in [2.05, 4.69) is 5.32 Å². The quantitative estimate of drug-likeness (QED) is 0.684. The van der Waals surface area contributed by atoms with Crippen molar-refractivity contribution in [3.05, 3.63) is 30.3 Å². The van der Waals surface area contributed by atoms with E-state index in [1.807, 2.05) is 30.3 Å². The molecule has 0 radical (unpaired) electrons. The van der Waals surface area contributed by atoms with E-state index < -0.39 is 6.04 Å². The number of hydrogen-bond acceptors (Lipinski definition) is 2. The van der Waals surface area contributed by atoms with Gasteiger partial charge in [0.2, 0.25) is 5.91 Å². The van der Waals surface area contributed by atoms with Gasteiger partial charge in [0.1, 0.15) is 0 Å². The van der Waals surface area contributed by atoms with Crippen LogP contribution in [0.2, 0.25) is 0 Å². The lowest BCUT2D eigenvalue weighted by Crippen LogP contribution is -2.32. The van der Waals surface area contributed by atoms with Crippen LogP contribution >= 0.6 is 0 Å². The normalized spacial score (nSPS) is 12.2. The van der Waals surface area contributed by atoms with Crippen molar-refractivity contribution >= 4 is 11.6 Å². The molecule has 3 nitrogen and oxygen atoms in total. The first-order chi connectivity index (χ1) is 5.70. The van der Waals surface area contributed by atoms with Crippen molar-refractivity contribution in [3.63, 3.8) is 0 Å². The van der Waals surface area contributed by atoms with Crippen LogP contribution in [0.5, 0.6) is 0 Å². The van der Waals surface area contributed by atoms with Gasteiger partial charge in [-0.2, -0.15) is 0 Å². The second-order valence-electron chi connectivity index (χ2n) is 2.64. The van der Waals surface area contributed by atoms with Crippen molar-refractivity contribution in [3.8, 4) is 0 Å². The summed E-state index contributed by atoms with van der Waals surface area (Å²) in [6, 6.07) is 8.78. The summed E-state index contributed by atoms with van der Waals surface area (Å²) in [5, 5.41) is 2.68. The Bertz CT molecular complexity index is 256. The molecule has 1 aromatic carbocycles. The van der Waals surface area contributed by atoms with E-state index in [-0.39, 0.29) is 5.91 Å². The van der Waals surface area contributed by atoms with Crippen LogP contribution in [-0.4, -0.2) is 11.9 Å². The van der Waals surface area contributed by atoms with Crippen molar-refractivity contribution in [2.24, 2.45) is 5.73 Å². The molecule has 0 spiro atoms. The van der Waals surface area contributed by atoms with Gasteiger partial charge >= 0.3 is 0 Å². The van der Waals surface area contributed by atoms with Crippen molar-refractivity contribution in [1.29, 1.82) is 0 Å². The molecule has 3 heteroatoms. The van der Waals surface area contributed by atoms with Crippen molar-refractivity contribution in [1.82, 2.24) is 0 Å². The number of anilines is 1. The second-order valence-corrected chi connectivity index (χ2v) is 2.64. The van der Waals surface area contributed by atoms with E-state index in [4.69, 9.17) is 5.73 Å². The van der Waals surface area contributed by atoms with E-state index >= 15 is 0 Å². The summed E-state index contributed by atoms with van der Waals surface area (Å²) in [6.45, 7) is 1.65. The Labute approximate surface area is 71.6 Å². The number of para-hydroxylation sites is 1. The topological polar surface area (TPSA) is 55.1 Å². The van der Waals surface area contributed by atoms with Crippen LogP contribution in [0.25, 0.3) is 0 Å². The minimum atomic E-state index is -0.467. The zero-order valence-electron chi connectivity index (χ0n) is 6.95. The summed E-state index contributed by atoms with van der Waals surface area (Å²) in [4.78, 5) is 11.1. The number of benzene rings is 1. The van der Waals surface area contributed by atoms with Crippen LogP contribution in [-0.2, 0) is 4.79 Å². The second kappa shape index (κ2) is 3.88. The Kier molecular flexibility index (Phi) is 2.82. The Morgan fingerprint density at radius 3 is 2.50 bits per heavy atom. The van der Waals surface area contributed by atoms with Crippen molar-refractivity contribution in [2.45, 2.75) is 13.0 Å². The minimum absolute atomic E-state index is 0.166. The van der Waals surface area contributed by atoms with Gasteiger partial charge in [-0.15, -0.1) is 0 Å². The fourth-order valence-corrected chi connectivity index (χ4v) is 0.778. The summed E-state index contributed by atoms with van der Waals surface area (Å²) in [6.07, 6.45) is 0. The Morgan fingerprint density at radius 2 is 2.00 bits per heavy atom. The van der Waals surface area contributed by atoms with Crippen LogP contribution in [0.4, 0.5) is 5.69 Å². The third kappa shape index (κ3) is 2.36. The van der Waals surface area contributed by atoms with Crippen LogP contribution in [0.15, 0.2) is 30.3 Å². The first kappa shape index (κ1) is 8.74. The maximum atomic E-state index is 11.1. The standard InChI is InChI=1S/C9H12N2O/c1-7(10)9(12)11-8-5-3-2-4-6-8/h2-7H,10H2,1H3,(H,11,12). The van der Waals surface area contributed by atoms with Crippen LogP contribution < -0.4 is 11.1 Å². The highest BCUT2D eigenvalue weighted by molar-refractivity contribution is 5.94. The number of nitrogens with two attached hydrogens (primary N) is 1. The molecule has 1 rings (SSSR count). The molecule has 1 aromatic rings. The predicted molar refractivity (Wildman–Crippen MR) is 48.7 cm³/mol. The molecule has 0 aromatic heterocycles. The zero-order chi connectivity index (χ0) is 8.97. The van der Waals surface area contributed by atoms with E-state index in [1.54, 1.807) is 6.92 Å². The first-order valence-corrected chi connectivity index (χ1v) is 3.81. The molecule has 0 heterocycles. The minimum Gasteiger partial charge on any atom is -0.325 e. The lowest BCUT2D eigenvalue weighted by molar-refractivity contribution is -0.117. The van der Waals surface area contributed by atoms with Gasteiger partial charge in [-0.05, 0) is 19.1 Å². The molecule has 12 heavy (non-hydrogen) atoms. The number of hydrogen-bond donors (Lipinski definition) is 2. The maximum Gasteiger partial charge on any atom is 0.240 e. The fourth-order valence-electron chi connectivity index (χ4n) is 0.778. The highest BCUT2D eigenvalue weighted by Crippen LogP contribution is 2.04. The zero-order valence-corrected chi connectivity index (χ0v) is 6.95. The summed E-state index contributed by atoms with van der Waals surface area (Å²) >= 11 is 0. The molecule has 0 fully saturated rings. The molecule has 0 saturated heterocycles. The predicted octanol–water partition coefficient (Wildman–Crippen LogP) is 0.972. The Balaban J connectivity index is 2.59. The summed E-state index contributed by atoms with van der Waals surface area (Å²) < 4.78 is 0. The largest absolute Gasteiger partial charge is 0.325 e. The molecular formula is C9H12N2O. The molecule has 0 aliphatic heterocycles. The maximum absolute atomic E-state index is 11.1. The van der Waals surface area contributed by atoms with Crippen molar-refractivity contribution in [2.75, 3.05) is 5.32 Å². The average Bonchev–Trinajstić information content (AvgIpc) is 2.06. The molecule has 3 N–H and O–H groups in total. The molecule has 1 atom stereocenters. The SMILES string of the molecule is CC(N)C(=O)Nc1ccccc1. The lowest BCUT2D eigenvalue weighted by atomic mass is 10.3. The van der Waals surface area contributed by atoms with Gasteiger partial charge in [-0.25, -0.2) is 0 Å². The molecule has 1 unspecified atom stereocenters. The van der Waals surface area contributed by atoms with E-state index in [0.29, 0.717) is 0 Å². The van der Waals surface area contributed by atoms with E-state index in [1.165, 1.54) is 0 Å². The number of amides is 1. The average molecular weight is 164 g/mol. The van der Waals surface area contributed by atoms with Gasteiger partial charge in [-0.1, -0.05) is 18.2 Å². The molecule has 0 saturated carbocycles. The summed E-state index contributed by atoms with van der Waals surface area (Å²) in [7, 11) is 0. The molecule has 0 aliphatic carbocycles. The first-order valence-electron chi connectivity index (χ1n) is 3.81. The highest BCUT2D eigenvalue weighted by atomic mass is 16.2. The van der Waals surface area contributed by atoms with Gasteiger partial charge in [0.15, 0.2) is 0 Å². The van der Waals surface area contributed by atoms with Crippen LogP contribution in [0.3, 0.4) is 0 Å². The third-order valence-corrected chi connectivity index (χ3v) is 1.45. The lowest BCUT2D eigenvalue weighted by Gasteiger charge is -2.06. The molecule has 0 bridgehead atoms. The molecule has 64 valence electrons. The Morgan fingerprint density at radius 1 is 1.42 bits per heavy atom. The molecular weight excluding hydrogens is 152 g/mol. The number of rotatable bonds is 2. The summed E-state index contributed by atoms with van der Waals surface area (Å²) in [5.74, 6) is -0.166. The number of carbonyl (C=O) groups excluding carboxylic acids is 1. The third-order valence-electron chi connectivity index (χ3n) is 1.45. The summed E-state index contributed by atoms with van der Waals surface area (Å²) in [5.41, 5.74) is 6.15.